The van der Waals surface area contributed by atoms with Crippen LogP contribution >= 0.6 is 11.8 Å². The van der Waals surface area contributed by atoms with E-state index in [9.17, 15) is 13.2 Å². The highest BCUT2D eigenvalue weighted by Crippen LogP contribution is 2.30. The molecule has 0 fully saturated rings. The summed E-state index contributed by atoms with van der Waals surface area (Å²) >= 11 is 1.37. The number of benzene rings is 1. The van der Waals surface area contributed by atoms with Crippen molar-refractivity contribution >= 4 is 11.8 Å². The second-order valence-corrected chi connectivity index (χ2v) is 5.57. The number of hydrogen-bond acceptors (Lipinski definition) is 4. The average Bonchev–Trinajstić information content (AvgIpc) is 2.45. The Hall–Kier alpha value is -1.60. The van der Waals surface area contributed by atoms with Gasteiger partial charge in [-0.05, 0) is 30.2 Å². The van der Waals surface area contributed by atoms with E-state index in [1.807, 2.05) is 6.92 Å². The summed E-state index contributed by atoms with van der Waals surface area (Å²) in [6.45, 7) is 1.89. The van der Waals surface area contributed by atoms with Crippen LogP contribution in [0.5, 0.6) is 0 Å². The molecule has 1 unspecified atom stereocenters. The first kappa shape index (κ1) is 15.8. The van der Waals surface area contributed by atoms with E-state index in [2.05, 4.69) is 9.97 Å². The molecule has 0 saturated carbocycles. The number of hydrogen-bond donors (Lipinski definition) is 1. The molecule has 0 bridgehead atoms. The first-order valence-corrected chi connectivity index (χ1v) is 7.19. The lowest BCUT2D eigenvalue weighted by Gasteiger charge is -2.13. The Morgan fingerprint density at radius 1 is 1.14 bits per heavy atom. The third-order valence-electron chi connectivity index (χ3n) is 2.82. The molecule has 0 amide bonds. The molecule has 0 radical (unpaired) electrons. The van der Waals surface area contributed by atoms with Crippen LogP contribution in [0.3, 0.4) is 0 Å². The Morgan fingerprint density at radius 3 is 2.24 bits per heavy atom. The van der Waals surface area contributed by atoms with Crippen LogP contribution in [0.4, 0.5) is 13.2 Å². The summed E-state index contributed by atoms with van der Waals surface area (Å²) < 4.78 is 37.4. The zero-order valence-corrected chi connectivity index (χ0v) is 12.1. The highest BCUT2D eigenvalue weighted by atomic mass is 32.2. The molecule has 0 spiro atoms. The lowest BCUT2D eigenvalue weighted by Crippen LogP contribution is -2.14. The minimum absolute atomic E-state index is 0.373. The van der Waals surface area contributed by atoms with Crippen molar-refractivity contribution in [2.24, 2.45) is 5.73 Å². The van der Waals surface area contributed by atoms with E-state index in [1.54, 1.807) is 12.4 Å². The summed E-state index contributed by atoms with van der Waals surface area (Å²) in [5.74, 6) is 0.494. The molecule has 1 aromatic carbocycles. The molecule has 112 valence electrons. The molecule has 0 aliphatic carbocycles. The minimum Gasteiger partial charge on any atom is -0.323 e. The number of aryl methyl sites for hydroxylation is 1. The number of rotatable bonds is 4. The minimum atomic E-state index is -4.33. The van der Waals surface area contributed by atoms with Gasteiger partial charge in [-0.1, -0.05) is 23.9 Å². The summed E-state index contributed by atoms with van der Waals surface area (Å²) in [6, 6.07) is 4.53. The average molecular weight is 313 g/mol. The summed E-state index contributed by atoms with van der Waals surface area (Å²) in [6.07, 6.45) is -0.912. The molecule has 0 saturated heterocycles. The Bertz CT molecular complexity index is 582. The van der Waals surface area contributed by atoms with Crippen molar-refractivity contribution in [3.63, 3.8) is 0 Å². The van der Waals surface area contributed by atoms with Crippen LogP contribution in [0.1, 0.15) is 22.7 Å². The van der Waals surface area contributed by atoms with Crippen LogP contribution in [0, 0.1) is 6.92 Å². The SMILES string of the molecule is Cc1cnc(SCC(N)c2ccc(C(F)(F)F)cc2)nc1. The number of halogens is 3. The predicted molar refractivity (Wildman–Crippen MR) is 75.9 cm³/mol. The van der Waals surface area contributed by atoms with E-state index in [0.29, 0.717) is 16.5 Å². The molecular formula is C14H14F3N3S. The number of aromatic nitrogens is 2. The number of nitrogens with zero attached hydrogens (tertiary/aromatic N) is 2. The molecule has 0 aliphatic heterocycles. The zero-order valence-electron chi connectivity index (χ0n) is 11.3. The van der Waals surface area contributed by atoms with Gasteiger partial charge in [-0.3, -0.25) is 0 Å². The Kier molecular flexibility index (Phi) is 4.84. The quantitative estimate of drug-likeness (QED) is 0.692. The lowest BCUT2D eigenvalue weighted by atomic mass is 10.1. The van der Waals surface area contributed by atoms with E-state index in [-0.39, 0.29) is 6.04 Å². The van der Waals surface area contributed by atoms with Gasteiger partial charge in [0.25, 0.3) is 0 Å². The van der Waals surface area contributed by atoms with Gasteiger partial charge < -0.3 is 5.73 Å². The van der Waals surface area contributed by atoms with Gasteiger partial charge in [0.05, 0.1) is 5.56 Å². The molecule has 2 aromatic rings. The molecule has 2 rings (SSSR count). The van der Waals surface area contributed by atoms with Gasteiger partial charge in [0, 0.05) is 24.2 Å². The second kappa shape index (κ2) is 6.44. The summed E-state index contributed by atoms with van der Waals surface area (Å²) in [7, 11) is 0. The van der Waals surface area contributed by atoms with Gasteiger partial charge in [0.1, 0.15) is 0 Å². The zero-order chi connectivity index (χ0) is 15.5. The predicted octanol–water partition coefficient (Wildman–Crippen LogP) is 3.60. The van der Waals surface area contributed by atoms with E-state index in [4.69, 9.17) is 5.73 Å². The monoisotopic (exact) mass is 313 g/mol. The molecule has 21 heavy (non-hydrogen) atoms. The molecule has 2 N–H and O–H groups in total. The third-order valence-corrected chi connectivity index (χ3v) is 3.81. The standard InChI is InChI=1S/C14H14F3N3S/c1-9-6-19-13(20-7-9)21-8-12(18)10-2-4-11(5-3-10)14(15,16)17/h2-7,12H,8,18H2,1H3. The van der Waals surface area contributed by atoms with E-state index >= 15 is 0 Å². The maximum atomic E-state index is 12.5. The van der Waals surface area contributed by atoms with Crippen LogP contribution in [-0.4, -0.2) is 15.7 Å². The van der Waals surface area contributed by atoms with Gasteiger partial charge in [-0.15, -0.1) is 0 Å². The van der Waals surface area contributed by atoms with Crippen LogP contribution in [0.25, 0.3) is 0 Å². The van der Waals surface area contributed by atoms with E-state index in [0.717, 1.165) is 17.7 Å². The summed E-state index contributed by atoms with van der Waals surface area (Å²) in [5.41, 5.74) is 6.92. The third kappa shape index (κ3) is 4.44. The van der Waals surface area contributed by atoms with Crippen LogP contribution in [-0.2, 0) is 6.18 Å². The molecule has 1 atom stereocenters. The molecular weight excluding hydrogens is 299 g/mol. The molecule has 3 nitrogen and oxygen atoms in total. The van der Waals surface area contributed by atoms with Gasteiger partial charge in [-0.25, -0.2) is 9.97 Å². The van der Waals surface area contributed by atoms with E-state index in [1.165, 1.54) is 23.9 Å². The number of thioether (sulfide) groups is 1. The van der Waals surface area contributed by atoms with Crippen LogP contribution in [0.2, 0.25) is 0 Å². The van der Waals surface area contributed by atoms with Gasteiger partial charge in [-0.2, -0.15) is 13.2 Å². The van der Waals surface area contributed by atoms with Crippen molar-refractivity contribution in [1.82, 2.24) is 9.97 Å². The summed E-state index contributed by atoms with van der Waals surface area (Å²) in [5, 5.41) is 0.600. The van der Waals surface area contributed by atoms with Crippen molar-refractivity contribution in [3.05, 3.63) is 53.3 Å². The van der Waals surface area contributed by atoms with Crippen LogP contribution < -0.4 is 5.73 Å². The smallest absolute Gasteiger partial charge is 0.323 e. The highest BCUT2D eigenvalue weighted by molar-refractivity contribution is 7.99. The van der Waals surface area contributed by atoms with Gasteiger partial charge in [0.15, 0.2) is 5.16 Å². The Labute approximate surface area is 124 Å². The summed E-state index contributed by atoms with van der Waals surface area (Å²) in [4.78, 5) is 8.28. The molecule has 0 aliphatic rings. The lowest BCUT2D eigenvalue weighted by molar-refractivity contribution is -0.137. The molecule has 7 heteroatoms. The second-order valence-electron chi connectivity index (χ2n) is 4.58. The number of nitrogens with two attached hydrogens (primary N) is 1. The maximum Gasteiger partial charge on any atom is 0.416 e. The molecule has 1 heterocycles. The number of alkyl halides is 3. The Balaban J connectivity index is 1.97. The largest absolute Gasteiger partial charge is 0.416 e. The van der Waals surface area contributed by atoms with Crippen molar-refractivity contribution in [3.8, 4) is 0 Å². The fourth-order valence-electron chi connectivity index (χ4n) is 1.64. The first-order chi connectivity index (χ1) is 9.86. The van der Waals surface area contributed by atoms with Crippen molar-refractivity contribution in [2.75, 3.05) is 5.75 Å². The van der Waals surface area contributed by atoms with Crippen molar-refractivity contribution < 1.29 is 13.2 Å². The Morgan fingerprint density at radius 2 is 1.71 bits per heavy atom. The van der Waals surface area contributed by atoms with Gasteiger partial charge >= 0.3 is 6.18 Å². The maximum absolute atomic E-state index is 12.5. The fourth-order valence-corrected chi connectivity index (χ4v) is 2.41. The van der Waals surface area contributed by atoms with Crippen molar-refractivity contribution in [2.45, 2.75) is 24.3 Å². The topological polar surface area (TPSA) is 51.8 Å². The van der Waals surface area contributed by atoms with Crippen LogP contribution in [0.15, 0.2) is 41.8 Å². The normalized spacial score (nSPS) is 13.2. The molecule has 1 aromatic heterocycles. The van der Waals surface area contributed by atoms with E-state index < -0.39 is 11.7 Å². The first-order valence-electron chi connectivity index (χ1n) is 6.20. The fraction of sp³-hybridized carbons (Fsp3) is 0.286. The van der Waals surface area contributed by atoms with Gasteiger partial charge in [0.2, 0.25) is 0 Å². The highest BCUT2D eigenvalue weighted by Gasteiger charge is 2.30. The van der Waals surface area contributed by atoms with Crippen molar-refractivity contribution in [1.29, 1.82) is 0 Å².